The summed E-state index contributed by atoms with van der Waals surface area (Å²) in [6, 6.07) is 0. The van der Waals surface area contributed by atoms with Crippen LogP contribution in [0.4, 0.5) is 0 Å². The van der Waals surface area contributed by atoms with Crippen LogP contribution in [-0.4, -0.2) is 37.2 Å². The highest BCUT2D eigenvalue weighted by molar-refractivity contribution is 5.71. The molecule has 0 aliphatic carbocycles. The van der Waals surface area contributed by atoms with Crippen molar-refractivity contribution < 1.29 is 28.6 Å². The van der Waals surface area contributed by atoms with Crippen molar-refractivity contribution >= 4 is 17.9 Å². The number of esters is 3. The monoisotopic (exact) mass is 737 g/mol. The van der Waals surface area contributed by atoms with E-state index in [4.69, 9.17) is 14.2 Å². The molecule has 6 heteroatoms. The van der Waals surface area contributed by atoms with Crippen LogP contribution in [-0.2, 0) is 28.6 Å². The Hall–Kier alpha value is -3.41. The molecule has 300 valence electrons. The van der Waals surface area contributed by atoms with Gasteiger partial charge in [-0.2, -0.15) is 0 Å². The van der Waals surface area contributed by atoms with E-state index < -0.39 is 6.10 Å². The molecule has 0 heterocycles. The van der Waals surface area contributed by atoms with Crippen LogP contribution in [0.5, 0.6) is 0 Å². The molecule has 0 bridgehead atoms. The van der Waals surface area contributed by atoms with E-state index in [0.29, 0.717) is 19.3 Å². The first-order valence-electron chi connectivity index (χ1n) is 21.1. The van der Waals surface area contributed by atoms with E-state index in [2.05, 4.69) is 69.4 Å². The molecule has 0 aromatic carbocycles. The lowest BCUT2D eigenvalue weighted by Crippen LogP contribution is -2.30. The fourth-order valence-electron chi connectivity index (χ4n) is 5.29. The molecule has 53 heavy (non-hydrogen) atoms. The first-order valence-corrected chi connectivity index (χ1v) is 21.1. The maximum atomic E-state index is 12.7. The average molecular weight is 737 g/mol. The Labute approximate surface area is 325 Å². The predicted octanol–water partition coefficient (Wildman–Crippen LogP) is 13.3. The second-order valence-electron chi connectivity index (χ2n) is 13.6. The highest BCUT2D eigenvalue weighted by Gasteiger charge is 2.19. The largest absolute Gasteiger partial charge is 0.462 e. The van der Waals surface area contributed by atoms with Gasteiger partial charge in [0.1, 0.15) is 13.2 Å². The Morgan fingerprint density at radius 1 is 0.415 bits per heavy atom. The van der Waals surface area contributed by atoms with Crippen molar-refractivity contribution in [1.29, 1.82) is 0 Å². The van der Waals surface area contributed by atoms with Gasteiger partial charge in [0.15, 0.2) is 6.10 Å². The summed E-state index contributed by atoms with van der Waals surface area (Å²) in [6.07, 6.45) is 51.4. The van der Waals surface area contributed by atoms with Crippen LogP contribution in [0.25, 0.3) is 0 Å². The second-order valence-corrected chi connectivity index (χ2v) is 13.6. The topological polar surface area (TPSA) is 78.9 Å². The molecular weight excluding hydrogens is 661 g/mol. The van der Waals surface area contributed by atoms with Crippen LogP contribution < -0.4 is 0 Å². The molecule has 0 aliphatic rings. The van der Waals surface area contributed by atoms with Gasteiger partial charge in [-0.3, -0.25) is 14.4 Å². The molecule has 6 nitrogen and oxygen atoms in total. The smallest absolute Gasteiger partial charge is 0.306 e. The summed E-state index contributed by atoms with van der Waals surface area (Å²) in [4.78, 5) is 37.6. The third-order valence-corrected chi connectivity index (χ3v) is 8.46. The van der Waals surface area contributed by atoms with Gasteiger partial charge in [0, 0.05) is 19.3 Å². The van der Waals surface area contributed by atoms with Crippen molar-refractivity contribution in [1.82, 2.24) is 0 Å². The number of hydrogen-bond acceptors (Lipinski definition) is 6. The first kappa shape index (κ1) is 49.6. The van der Waals surface area contributed by atoms with Crippen LogP contribution in [0, 0.1) is 0 Å². The minimum atomic E-state index is -0.801. The number of ether oxygens (including phenoxy) is 3. The maximum Gasteiger partial charge on any atom is 0.306 e. The van der Waals surface area contributed by atoms with Crippen molar-refractivity contribution in [2.24, 2.45) is 0 Å². The average Bonchev–Trinajstić information content (AvgIpc) is 3.15. The Kier molecular flexibility index (Phi) is 38.7. The van der Waals surface area contributed by atoms with Crippen molar-refractivity contribution in [3.8, 4) is 0 Å². The van der Waals surface area contributed by atoms with Gasteiger partial charge in [-0.25, -0.2) is 0 Å². The standard InChI is InChI=1S/C47H76O6/c1-4-7-10-13-16-19-22-24-26-28-31-34-37-40-46(49)52-43-44(42-51-45(48)39-36-33-30-27-21-18-15-12-9-6-3)53-47(50)41-38-35-32-29-25-23-20-17-14-11-8-5-2/h7-8,10-11,13,15-20,22,24,26,44H,4-6,9,12,14,21,23,25,27-43H2,1-3H3/b10-7-,11-8-,16-13-,18-15-,20-17-,22-19-,26-24-. The van der Waals surface area contributed by atoms with E-state index in [9.17, 15) is 14.4 Å². The van der Waals surface area contributed by atoms with E-state index in [1.165, 1.54) is 12.8 Å². The van der Waals surface area contributed by atoms with Crippen LogP contribution in [0.1, 0.15) is 175 Å². The molecule has 0 aromatic rings. The maximum absolute atomic E-state index is 12.7. The molecule has 0 aromatic heterocycles. The van der Waals surface area contributed by atoms with Crippen LogP contribution in [0.3, 0.4) is 0 Å². The lowest BCUT2D eigenvalue weighted by Gasteiger charge is -2.18. The summed E-state index contributed by atoms with van der Waals surface area (Å²) >= 11 is 0. The van der Waals surface area contributed by atoms with E-state index in [1.54, 1.807) is 0 Å². The van der Waals surface area contributed by atoms with Gasteiger partial charge in [0.05, 0.1) is 0 Å². The highest BCUT2D eigenvalue weighted by atomic mass is 16.6. The van der Waals surface area contributed by atoms with Crippen LogP contribution in [0.2, 0.25) is 0 Å². The molecule has 0 aliphatic heterocycles. The zero-order valence-electron chi connectivity index (χ0n) is 34.0. The third kappa shape index (κ3) is 39.6. The Bertz CT molecular complexity index is 1080. The van der Waals surface area contributed by atoms with Crippen LogP contribution >= 0.6 is 0 Å². The SMILES string of the molecule is CC\C=C/C=C\C=C/C=C\CCCCCC(=O)OCC(COC(=O)CCCCCC/C=C\CCCC)OC(=O)CCCCCCC/C=C\C/C=C\CC. The third-order valence-electron chi connectivity index (χ3n) is 8.46. The van der Waals surface area contributed by atoms with Gasteiger partial charge in [-0.15, -0.1) is 0 Å². The molecule has 0 N–H and O–H groups in total. The fraction of sp³-hybridized carbons (Fsp3) is 0.638. The summed E-state index contributed by atoms with van der Waals surface area (Å²) in [7, 11) is 0. The molecular formula is C47H76O6. The van der Waals surface area contributed by atoms with Gasteiger partial charge in [-0.1, -0.05) is 157 Å². The summed E-state index contributed by atoms with van der Waals surface area (Å²) in [5.41, 5.74) is 0. The van der Waals surface area contributed by atoms with Crippen molar-refractivity contribution in [2.45, 2.75) is 181 Å². The lowest BCUT2D eigenvalue weighted by molar-refractivity contribution is -0.167. The minimum Gasteiger partial charge on any atom is -0.462 e. The molecule has 0 saturated carbocycles. The lowest BCUT2D eigenvalue weighted by atomic mass is 10.1. The predicted molar refractivity (Wildman–Crippen MR) is 224 cm³/mol. The van der Waals surface area contributed by atoms with Crippen molar-refractivity contribution in [3.05, 3.63) is 85.1 Å². The number of rotatable bonds is 36. The number of carbonyl (C=O) groups is 3. The molecule has 1 unspecified atom stereocenters. The molecule has 0 fully saturated rings. The van der Waals surface area contributed by atoms with Crippen molar-refractivity contribution in [2.75, 3.05) is 13.2 Å². The minimum absolute atomic E-state index is 0.103. The number of unbranched alkanes of at least 4 members (excludes halogenated alkanes) is 14. The number of hydrogen-bond donors (Lipinski definition) is 0. The zero-order chi connectivity index (χ0) is 38.7. The number of carbonyl (C=O) groups excluding carboxylic acids is 3. The van der Waals surface area contributed by atoms with E-state index in [1.807, 2.05) is 36.5 Å². The molecule has 1 atom stereocenters. The van der Waals surface area contributed by atoms with Gasteiger partial charge in [0.2, 0.25) is 0 Å². The highest BCUT2D eigenvalue weighted by Crippen LogP contribution is 2.12. The number of allylic oxidation sites excluding steroid dienone is 14. The summed E-state index contributed by atoms with van der Waals surface area (Å²) in [5, 5.41) is 0. The zero-order valence-corrected chi connectivity index (χ0v) is 34.0. The molecule has 0 spiro atoms. The van der Waals surface area contributed by atoms with E-state index in [0.717, 1.165) is 122 Å². The molecule has 0 saturated heterocycles. The first-order chi connectivity index (χ1) is 26.0. The summed E-state index contributed by atoms with van der Waals surface area (Å²) < 4.78 is 16.6. The Morgan fingerprint density at radius 2 is 0.830 bits per heavy atom. The Morgan fingerprint density at radius 3 is 1.40 bits per heavy atom. The molecule has 0 amide bonds. The normalized spacial score (nSPS) is 12.9. The molecule has 0 rings (SSSR count). The second kappa shape index (κ2) is 41.3. The van der Waals surface area contributed by atoms with E-state index >= 15 is 0 Å². The summed E-state index contributed by atoms with van der Waals surface area (Å²) in [5.74, 6) is -0.984. The van der Waals surface area contributed by atoms with Gasteiger partial charge >= 0.3 is 17.9 Å². The van der Waals surface area contributed by atoms with Gasteiger partial charge in [-0.05, 0) is 83.5 Å². The Balaban J connectivity index is 4.50. The van der Waals surface area contributed by atoms with Crippen LogP contribution in [0.15, 0.2) is 85.1 Å². The van der Waals surface area contributed by atoms with E-state index in [-0.39, 0.29) is 31.1 Å². The fourth-order valence-corrected chi connectivity index (χ4v) is 5.29. The quantitative estimate of drug-likeness (QED) is 0.0209. The van der Waals surface area contributed by atoms with Gasteiger partial charge in [0.25, 0.3) is 0 Å². The van der Waals surface area contributed by atoms with Gasteiger partial charge < -0.3 is 14.2 Å². The molecule has 0 radical (unpaired) electrons. The summed E-state index contributed by atoms with van der Waals surface area (Å²) in [6.45, 7) is 6.25. The van der Waals surface area contributed by atoms with Crippen molar-refractivity contribution in [3.63, 3.8) is 0 Å².